The third-order valence-electron chi connectivity index (χ3n) is 8.12. The van der Waals surface area contributed by atoms with Crippen molar-refractivity contribution in [3.63, 3.8) is 0 Å². The molecule has 1 atom stereocenters. The maximum absolute atomic E-state index is 14.4. The number of esters is 2. The van der Waals surface area contributed by atoms with Crippen LogP contribution in [0, 0.1) is 0 Å². The summed E-state index contributed by atoms with van der Waals surface area (Å²) in [6, 6.07) is 15.3. The SMILES string of the molecule is C=CCc1cc(/C=c2\sc3n(c2=O)[C@@H](c2ccc(OCC(=O)OC)c(OCC)c2)C(C(=O)OCC)=C(C)N=3)cc(OCC)c1OCc1ccccc1Cl. The number of thiazole rings is 1. The van der Waals surface area contributed by atoms with Gasteiger partial charge in [0.05, 0.1) is 48.8 Å². The fraction of sp³-hybridized carbons (Fsp3) is 0.300. The lowest BCUT2D eigenvalue weighted by Gasteiger charge is -2.25. The molecule has 1 aliphatic rings. The van der Waals surface area contributed by atoms with E-state index in [1.54, 1.807) is 44.2 Å². The maximum Gasteiger partial charge on any atom is 0.343 e. The molecule has 0 spiro atoms. The Morgan fingerprint density at radius 2 is 1.70 bits per heavy atom. The summed E-state index contributed by atoms with van der Waals surface area (Å²) >= 11 is 7.59. The number of carbonyl (C=O) groups excluding carboxylic acids is 2. The van der Waals surface area contributed by atoms with Crippen molar-refractivity contribution in [1.29, 1.82) is 0 Å². The summed E-state index contributed by atoms with van der Waals surface area (Å²) in [6.07, 6.45) is 4.02. The van der Waals surface area contributed by atoms with E-state index < -0.39 is 18.0 Å². The standard InChI is InChI=1S/C40H41ClN2O9S/c1-7-13-27-18-25(19-32(49-9-3)37(27)52-22-28-14-11-12-15-29(28)41)20-33-38(45)43-36(35(39(46)50-10-4)24(5)42-40(43)53-33)26-16-17-30(31(21-26)48-8-2)51-23-34(44)47-6/h7,11-12,14-21,36H,1,8-10,13,22-23H2,2-6H3/b33-20-/t36-/m0/s1. The summed E-state index contributed by atoms with van der Waals surface area (Å²) < 4.78 is 35.9. The average molecular weight is 761 g/mol. The van der Waals surface area contributed by atoms with Crippen LogP contribution in [0.15, 0.2) is 88.3 Å². The summed E-state index contributed by atoms with van der Waals surface area (Å²) in [7, 11) is 1.27. The minimum absolute atomic E-state index is 0.130. The van der Waals surface area contributed by atoms with Crippen LogP contribution in [0.5, 0.6) is 23.0 Å². The Balaban J connectivity index is 1.63. The van der Waals surface area contributed by atoms with Crippen LogP contribution in [0.2, 0.25) is 5.02 Å². The molecule has 3 aromatic carbocycles. The quantitative estimate of drug-likeness (QED) is 0.0984. The molecule has 2 heterocycles. The van der Waals surface area contributed by atoms with Gasteiger partial charge >= 0.3 is 11.9 Å². The lowest BCUT2D eigenvalue weighted by molar-refractivity contribution is -0.143. The Bertz CT molecular complexity index is 2220. The summed E-state index contributed by atoms with van der Waals surface area (Å²) in [6.45, 7) is 11.8. The second-order valence-corrected chi connectivity index (χ2v) is 13.0. The molecule has 0 saturated carbocycles. The number of benzene rings is 3. The van der Waals surface area contributed by atoms with Crippen LogP contribution in [-0.2, 0) is 32.1 Å². The van der Waals surface area contributed by atoms with Gasteiger partial charge in [0.2, 0.25) is 0 Å². The van der Waals surface area contributed by atoms with Crippen LogP contribution >= 0.6 is 22.9 Å². The normalized spacial score (nSPS) is 13.8. The number of rotatable bonds is 16. The van der Waals surface area contributed by atoms with Crippen molar-refractivity contribution in [3.8, 4) is 23.0 Å². The Morgan fingerprint density at radius 3 is 2.40 bits per heavy atom. The predicted octanol–water partition coefficient (Wildman–Crippen LogP) is 6.11. The Labute approximate surface area is 316 Å². The summed E-state index contributed by atoms with van der Waals surface area (Å²) in [5.41, 5.74) is 3.16. The first-order valence-corrected chi connectivity index (χ1v) is 18.3. The zero-order valence-corrected chi connectivity index (χ0v) is 31.8. The van der Waals surface area contributed by atoms with Gasteiger partial charge in [-0.3, -0.25) is 9.36 Å². The van der Waals surface area contributed by atoms with Gasteiger partial charge in [0.15, 0.2) is 34.4 Å². The minimum Gasteiger partial charge on any atom is -0.490 e. The van der Waals surface area contributed by atoms with Crippen molar-refractivity contribution in [2.24, 2.45) is 4.99 Å². The number of nitrogens with zero attached hydrogens (tertiary/aromatic N) is 2. The highest BCUT2D eigenvalue weighted by molar-refractivity contribution is 7.07. The van der Waals surface area contributed by atoms with Gasteiger partial charge in [-0.1, -0.05) is 53.3 Å². The van der Waals surface area contributed by atoms with E-state index in [1.807, 2.05) is 50.2 Å². The maximum atomic E-state index is 14.4. The lowest BCUT2D eigenvalue weighted by Crippen LogP contribution is -2.40. The van der Waals surface area contributed by atoms with Crippen molar-refractivity contribution >= 4 is 41.0 Å². The number of fused-ring (bicyclic) bond motifs is 1. The average Bonchev–Trinajstić information content (AvgIpc) is 3.44. The van der Waals surface area contributed by atoms with E-state index in [0.29, 0.717) is 73.8 Å². The third-order valence-corrected chi connectivity index (χ3v) is 9.47. The van der Waals surface area contributed by atoms with Crippen molar-refractivity contribution in [2.75, 3.05) is 33.5 Å². The second-order valence-electron chi connectivity index (χ2n) is 11.6. The predicted molar refractivity (Wildman–Crippen MR) is 203 cm³/mol. The fourth-order valence-corrected chi connectivity index (χ4v) is 7.04. The van der Waals surface area contributed by atoms with Gasteiger partial charge in [-0.25, -0.2) is 14.6 Å². The summed E-state index contributed by atoms with van der Waals surface area (Å²) in [5, 5.41) is 0.597. The third kappa shape index (κ3) is 8.83. The Morgan fingerprint density at radius 1 is 0.943 bits per heavy atom. The number of halogens is 1. The first-order chi connectivity index (χ1) is 25.6. The van der Waals surface area contributed by atoms with Gasteiger partial charge in [0.1, 0.15) is 6.61 Å². The van der Waals surface area contributed by atoms with E-state index in [4.69, 9.17) is 45.0 Å². The fourth-order valence-electron chi connectivity index (χ4n) is 5.80. The van der Waals surface area contributed by atoms with E-state index in [2.05, 4.69) is 6.58 Å². The molecule has 1 aromatic heterocycles. The Hall–Kier alpha value is -5.33. The van der Waals surface area contributed by atoms with Gasteiger partial charge in [-0.15, -0.1) is 6.58 Å². The van der Waals surface area contributed by atoms with E-state index in [9.17, 15) is 14.4 Å². The molecule has 11 nitrogen and oxygen atoms in total. The molecule has 13 heteroatoms. The van der Waals surface area contributed by atoms with Crippen molar-refractivity contribution in [2.45, 2.75) is 46.8 Å². The summed E-state index contributed by atoms with van der Waals surface area (Å²) in [5.74, 6) is 0.532. The molecule has 5 rings (SSSR count). The highest BCUT2D eigenvalue weighted by atomic mass is 35.5. The molecular weight excluding hydrogens is 720 g/mol. The molecule has 4 aromatic rings. The van der Waals surface area contributed by atoms with Gasteiger partial charge in [-0.2, -0.15) is 0 Å². The molecule has 0 amide bonds. The largest absolute Gasteiger partial charge is 0.490 e. The monoisotopic (exact) mass is 760 g/mol. The molecule has 53 heavy (non-hydrogen) atoms. The number of aromatic nitrogens is 1. The molecule has 0 unspecified atom stereocenters. The number of hydrogen-bond donors (Lipinski definition) is 0. The number of methoxy groups -OCH3 is 1. The topological polar surface area (TPSA) is 124 Å². The van der Waals surface area contributed by atoms with E-state index in [1.165, 1.54) is 23.0 Å². The van der Waals surface area contributed by atoms with E-state index >= 15 is 0 Å². The van der Waals surface area contributed by atoms with Crippen LogP contribution in [0.1, 0.15) is 56.0 Å². The number of allylic oxidation sites excluding steroid dienone is 2. The van der Waals surface area contributed by atoms with Crippen molar-refractivity contribution < 1.29 is 38.0 Å². The number of ether oxygens (including phenoxy) is 6. The highest BCUT2D eigenvalue weighted by Crippen LogP contribution is 2.37. The zero-order valence-electron chi connectivity index (χ0n) is 30.2. The van der Waals surface area contributed by atoms with Crippen molar-refractivity contribution in [1.82, 2.24) is 4.57 Å². The molecule has 0 bridgehead atoms. The second kappa shape index (κ2) is 17.9. The first-order valence-electron chi connectivity index (χ1n) is 17.1. The first kappa shape index (κ1) is 38.9. The van der Waals surface area contributed by atoms with Crippen LogP contribution in [0.3, 0.4) is 0 Å². The number of hydrogen-bond acceptors (Lipinski definition) is 11. The lowest BCUT2D eigenvalue weighted by atomic mass is 9.95. The van der Waals surface area contributed by atoms with Crippen molar-refractivity contribution in [3.05, 3.63) is 125 Å². The van der Waals surface area contributed by atoms with E-state index in [-0.39, 0.29) is 31.0 Å². The molecule has 1 aliphatic heterocycles. The smallest absolute Gasteiger partial charge is 0.343 e. The van der Waals surface area contributed by atoms with E-state index in [0.717, 1.165) is 11.1 Å². The van der Waals surface area contributed by atoms with Crippen LogP contribution in [0.25, 0.3) is 6.08 Å². The minimum atomic E-state index is -0.905. The van der Waals surface area contributed by atoms with Gasteiger partial charge in [-0.05, 0) is 81.7 Å². The molecule has 0 saturated heterocycles. The van der Waals surface area contributed by atoms with Gasteiger partial charge < -0.3 is 28.4 Å². The molecule has 0 fully saturated rings. The van der Waals surface area contributed by atoms with Crippen LogP contribution in [0.4, 0.5) is 0 Å². The molecule has 0 aliphatic carbocycles. The molecule has 0 N–H and O–H groups in total. The van der Waals surface area contributed by atoms with Gasteiger partial charge in [0.25, 0.3) is 5.56 Å². The van der Waals surface area contributed by atoms with Crippen LogP contribution in [-0.4, -0.2) is 50.0 Å². The Kier molecular flexibility index (Phi) is 13.2. The molecule has 0 radical (unpaired) electrons. The highest BCUT2D eigenvalue weighted by Gasteiger charge is 2.34. The summed E-state index contributed by atoms with van der Waals surface area (Å²) in [4.78, 5) is 44.8. The molecule has 278 valence electrons. The van der Waals surface area contributed by atoms with Crippen LogP contribution < -0.4 is 33.8 Å². The van der Waals surface area contributed by atoms with Gasteiger partial charge in [0, 0.05) is 16.1 Å². The zero-order chi connectivity index (χ0) is 38.1. The molecular formula is C40H41ClN2O9S. The number of carbonyl (C=O) groups is 2.